The number of aromatic nitrogens is 1. The summed E-state index contributed by atoms with van der Waals surface area (Å²) in [6, 6.07) is 10.3. The third kappa shape index (κ3) is 4.10. The van der Waals surface area contributed by atoms with Crippen LogP contribution in [0.1, 0.15) is 22.5 Å². The summed E-state index contributed by atoms with van der Waals surface area (Å²) in [5.41, 5.74) is 8.75. The molecule has 0 saturated heterocycles. The number of nitrogens with two attached hydrogens (primary N) is 1. The highest BCUT2D eigenvalue weighted by atomic mass is 19.1. The van der Waals surface area contributed by atoms with Crippen molar-refractivity contribution in [2.75, 3.05) is 7.05 Å². The Balaban J connectivity index is 2.12. The number of amidine groups is 1. The summed E-state index contributed by atoms with van der Waals surface area (Å²) in [5, 5.41) is 7.55. The van der Waals surface area contributed by atoms with Crippen molar-refractivity contribution in [1.82, 2.24) is 9.88 Å². The maximum absolute atomic E-state index is 13.3. The molecule has 2 aromatic rings. The van der Waals surface area contributed by atoms with Crippen LogP contribution in [0, 0.1) is 18.2 Å². The number of nitrogens with one attached hydrogen (secondary N) is 1. The summed E-state index contributed by atoms with van der Waals surface area (Å²) in [6.07, 6.45) is 0. The van der Waals surface area contributed by atoms with E-state index in [0.717, 1.165) is 17.0 Å². The Hall–Kier alpha value is -2.27. The monoisotopic (exact) mass is 286 g/mol. The van der Waals surface area contributed by atoms with E-state index in [2.05, 4.69) is 9.88 Å². The fourth-order valence-corrected chi connectivity index (χ4v) is 2.25. The molecule has 0 aliphatic rings. The van der Waals surface area contributed by atoms with Gasteiger partial charge in [0.2, 0.25) is 0 Å². The summed E-state index contributed by atoms with van der Waals surface area (Å²) in [5.74, 6) is -0.501. The molecule has 0 unspecified atom stereocenters. The highest BCUT2D eigenvalue weighted by Gasteiger charge is 2.10. The van der Waals surface area contributed by atoms with Crippen molar-refractivity contribution in [2.45, 2.75) is 20.0 Å². The second-order valence-corrected chi connectivity index (χ2v) is 5.16. The van der Waals surface area contributed by atoms with Crippen LogP contribution in [0.15, 0.2) is 36.4 Å². The zero-order valence-corrected chi connectivity index (χ0v) is 12.2. The van der Waals surface area contributed by atoms with Crippen LogP contribution in [0.3, 0.4) is 0 Å². The quantitative estimate of drug-likeness (QED) is 0.655. The van der Waals surface area contributed by atoms with Crippen LogP contribution in [0.5, 0.6) is 0 Å². The minimum Gasteiger partial charge on any atom is -0.384 e. The molecule has 0 fully saturated rings. The largest absolute Gasteiger partial charge is 0.384 e. The Labute approximate surface area is 123 Å². The standard InChI is InChI=1S/C16H19FN4/c1-11-4-3-5-14(20-11)10-21(2)9-12-6-7-13(17)8-15(12)16(18)19/h3-8H,9-10H2,1-2H3,(H3,18,19). The lowest BCUT2D eigenvalue weighted by atomic mass is 10.1. The first kappa shape index (κ1) is 15.1. The predicted octanol–water partition coefficient (Wildman–Crippen LogP) is 2.45. The fraction of sp³-hybridized carbons (Fsp3) is 0.250. The van der Waals surface area contributed by atoms with Gasteiger partial charge in [0.25, 0.3) is 0 Å². The van der Waals surface area contributed by atoms with Crippen LogP contribution < -0.4 is 5.73 Å². The summed E-state index contributed by atoms with van der Waals surface area (Å²) >= 11 is 0. The molecule has 21 heavy (non-hydrogen) atoms. The molecule has 5 heteroatoms. The molecule has 0 amide bonds. The van der Waals surface area contributed by atoms with Crippen LogP contribution in [0.2, 0.25) is 0 Å². The second-order valence-electron chi connectivity index (χ2n) is 5.16. The summed E-state index contributed by atoms with van der Waals surface area (Å²) in [7, 11) is 1.96. The third-order valence-corrected chi connectivity index (χ3v) is 3.18. The topological polar surface area (TPSA) is 66.0 Å². The number of hydrogen-bond donors (Lipinski definition) is 2. The molecule has 0 aliphatic heterocycles. The number of aryl methyl sites for hydroxylation is 1. The molecular weight excluding hydrogens is 267 g/mol. The first-order valence-electron chi connectivity index (χ1n) is 6.69. The molecule has 0 aliphatic carbocycles. The third-order valence-electron chi connectivity index (χ3n) is 3.18. The van der Waals surface area contributed by atoms with E-state index in [9.17, 15) is 4.39 Å². The van der Waals surface area contributed by atoms with Gasteiger partial charge >= 0.3 is 0 Å². The molecule has 0 atom stereocenters. The van der Waals surface area contributed by atoms with Gasteiger partial charge in [0.15, 0.2) is 0 Å². The van der Waals surface area contributed by atoms with E-state index >= 15 is 0 Å². The Bertz CT molecular complexity index is 654. The number of hydrogen-bond acceptors (Lipinski definition) is 3. The van der Waals surface area contributed by atoms with Crippen molar-refractivity contribution in [3.8, 4) is 0 Å². The minimum absolute atomic E-state index is 0.119. The van der Waals surface area contributed by atoms with Gasteiger partial charge < -0.3 is 5.73 Å². The lowest BCUT2D eigenvalue weighted by Gasteiger charge is -2.18. The van der Waals surface area contributed by atoms with Gasteiger partial charge in [-0.3, -0.25) is 15.3 Å². The van der Waals surface area contributed by atoms with Gasteiger partial charge in [-0.05, 0) is 43.8 Å². The molecule has 0 bridgehead atoms. The van der Waals surface area contributed by atoms with Gasteiger partial charge in [0.05, 0.1) is 5.69 Å². The first-order chi connectivity index (χ1) is 9.95. The van der Waals surface area contributed by atoms with Gasteiger partial charge in [-0.1, -0.05) is 12.1 Å². The van der Waals surface area contributed by atoms with Gasteiger partial charge in [0, 0.05) is 24.3 Å². The molecule has 3 N–H and O–H groups in total. The van der Waals surface area contributed by atoms with Crippen molar-refractivity contribution in [3.63, 3.8) is 0 Å². The molecule has 2 rings (SSSR count). The number of benzene rings is 1. The average molecular weight is 286 g/mol. The second kappa shape index (κ2) is 6.45. The summed E-state index contributed by atoms with van der Waals surface area (Å²) < 4.78 is 13.3. The maximum Gasteiger partial charge on any atom is 0.123 e. The smallest absolute Gasteiger partial charge is 0.123 e. The summed E-state index contributed by atoms with van der Waals surface area (Å²) in [6.45, 7) is 3.21. The molecule has 1 aromatic heterocycles. The van der Waals surface area contributed by atoms with Crippen molar-refractivity contribution < 1.29 is 4.39 Å². The molecule has 1 aromatic carbocycles. The van der Waals surface area contributed by atoms with Crippen molar-refractivity contribution in [2.24, 2.45) is 5.73 Å². The predicted molar refractivity (Wildman–Crippen MR) is 81.6 cm³/mol. The van der Waals surface area contributed by atoms with E-state index in [-0.39, 0.29) is 11.7 Å². The van der Waals surface area contributed by atoms with Crippen molar-refractivity contribution in [3.05, 3.63) is 64.7 Å². The normalized spacial score (nSPS) is 10.9. The van der Waals surface area contributed by atoms with E-state index in [1.165, 1.54) is 12.1 Å². The molecule has 110 valence electrons. The minimum atomic E-state index is -0.382. The van der Waals surface area contributed by atoms with E-state index in [0.29, 0.717) is 18.7 Å². The first-order valence-corrected chi connectivity index (χ1v) is 6.69. The van der Waals surface area contributed by atoms with E-state index in [4.69, 9.17) is 11.1 Å². The van der Waals surface area contributed by atoms with Crippen LogP contribution in [-0.2, 0) is 13.1 Å². The highest BCUT2D eigenvalue weighted by Crippen LogP contribution is 2.14. The van der Waals surface area contributed by atoms with E-state index < -0.39 is 0 Å². The number of halogens is 1. The zero-order chi connectivity index (χ0) is 15.4. The molecule has 1 heterocycles. The summed E-state index contributed by atoms with van der Waals surface area (Å²) in [4.78, 5) is 6.51. The van der Waals surface area contributed by atoms with E-state index in [1.54, 1.807) is 6.07 Å². The van der Waals surface area contributed by atoms with Gasteiger partial charge in [-0.15, -0.1) is 0 Å². The van der Waals surface area contributed by atoms with E-state index in [1.807, 2.05) is 32.2 Å². The van der Waals surface area contributed by atoms with Crippen LogP contribution in [-0.4, -0.2) is 22.8 Å². The Kier molecular flexibility index (Phi) is 4.65. The molecule has 0 radical (unpaired) electrons. The maximum atomic E-state index is 13.3. The fourth-order valence-electron chi connectivity index (χ4n) is 2.25. The molecular formula is C16H19FN4. The number of nitrogens with zero attached hydrogens (tertiary/aromatic N) is 2. The van der Waals surface area contributed by atoms with Gasteiger partial charge in [-0.2, -0.15) is 0 Å². The van der Waals surface area contributed by atoms with Crippen LogP contribution in [0.4, 0.5) is 4.39 Å². The Morgan fingerprint density at radius 3 is 2.71 bits per heavy atom. The van der Waals surface area contributed by atoms with Crippen LogP contribution in [0.25, 0.3) is 0 Å². The molecule has 0 spiro atoms. The van der Waals surface area contributed by atoms with Crippen molar-refractivity contribution in [1.29, 1.82) is 5.41 Å². The Morgan fingerprint density at radius 2 is 2.05 bits per heavy atom. The molecule has 0 saturated carbocycles. The van der Waals surface area contributed by atoms with Crippen LogP contribution >= 0.6 is 0 Å². The molecule has 4 nitrogen and oxygen atoms in total. The zero-order valence-electron chi connectivity index (χ0n) is 12.2. The average Bonchev–Trinajstić information content (AvgIpc) is 2.40. The SMILES string of the molecule is Cc1cccc(CN(C)Cc2ccc(F)cc2C(=N)N)n1. The van der Waals surface area contributed by atoms with Crippen molar-refractivity contribution >= 4 is 5.84 Å². The van der Waals surface area contributed by atoms with Gasteiger partial charge in [0.1, 0.15) is 11.7 Å². The number of rotatable bonds is 5. The lowest BCUT2D eigenvalue weighted by Crippen LogP contribution is -2.22. The number of pyridine rings is 1. The number of nitrogen functional groups attached to an aromatic ring is 1. The lowest BCUT2D eigenvalue weighted by molar-refractivity contribution is 0.314. The highest BCUT2D eigenvalue weighted by molar-refractivity contribution is 5.96. The Morgan fingerprint density at radius 1 is 1.29 bits per heavy atom. The van der Waals surface area contributed by atoms with Gasteiger partial charge in [-0.25, -0.2) is 4.39 Å².